The van der Waals surface area contributed by atoms with Gasteiger partial charge in [0.25, 0.3) is 5.91 Å². The van der Waals surface area contributed by atoms with Gasteiger partial charge in [-0.1, -0.05) is 25.3 Å². The SMILES string of the molecule is COc1cc(C(=O)N2CCN(CC3(O)CCCCC3)CC2)ccc1C. The molecule has 1 heterocycles. The van der Waals surface area contributed by atoms with Crippen molar-refractivity contribution in [3.63, 3.8) is 0 Å². The first-order chi connectivity index (χ1) is 12.0. The van der Waals surface area contributed by atoms with Crippen LogP contribution in [-0.4, -0.2) is 66.2 Å². The standard InChI is InChI=1S/C20H30N2O3/c1-16-6-7-17(14-18(16)25-2)19(23)22-12-10-21(11-13-22)15-20(24)8-4-3-5-9-20/h6-7,14,24H,3-5,8-13,15H2,1-2H3. The molecule has 1 saturated carbocycles. The van der Waals surface area contributed by atoms with E-state index in [9.17, 15) is 9.90 Å². The lowest BCUT2D eigenvalue weighted by Gasteiger charge is -2.41. The molecule has 0 bridgehead atoms. The van der Waals surface area contributed by atoms with Crippen LogP contribution >= 0.6 is 0 Å². The minimum Gasteiger partial charge on any atom is -0.496 e. The second kappa shape index (κ2) is 7.75. The van der Waals surface area contributed by atoms with Crippen LogP contribution in [0.3, 0.4) is 0 Å². The first-order valence-electron chi connectivity index (χ1n) is 9.39. The van der Waals surface area contributed by atoms with Crippen LogP contribution in [0.25, 0.3) is 0 Å². The smallest absolute Gasteiger partial charge is 0.254 e. The summed E-state index contributed by atoms with van der Waals surface area (Å²) in [6.45, 7) is 5.81. The molecule has 1 aromatic carbocycles. The largest absolute Gasteiger partial charge is 0.496 e. The molecule has 2 aliphatic rings. The topological polar surface area (TPSA) is 53.0 Å². The number of ether oxygens (including phenoxy) is 1. The van der Waals surface area contributed by atoms with Crippen LogP contribution in [0.15, 0.2) is 18.2 Å². The van der Waals surface area contributed by atoms with Gasteiger partial charge in [-0.15, -0.1) is 0 Å². The maximum Gasteiger partial charge on any atom is 0.254 e. The Hall–Kier alpha value is -1.59. The number of hydrogen-bond donors (Lipinski definition) is 1. The molecule has 25 heavy (non-hydrogen) atoms. The summed E-state index contributed by atoms with van der Waals surface area (Å²) in [4.78, 5) is 17.0. The van der Waals surface area contributed by atoms with Gasteiger partial charge in [-0.25, -0.2) is 0 Å². The van der Waals surface area contributed by atoms with Crippen molar-refractivity contribution < 1.29 is 14.6 Å². The Kier molecular flexibility index (Phi) is 5.64. The number of rotatable bonds is 4. The van der Waals surface area contributed by atoms with E-state index in [2.05, 4.69) is 4.90 Å². The fraction of sp³-hybridized carbons (Fsp3) is 0.650. The second-order valence-electron chi connectivity index (χ2n) is 7.54. The lowest BCUT2D eigenvalue weighted by Crippen LogP contribution is -2.53. The molecular formula is C20H30N2O3. The van der Waals surface area contributed by atoms with E-state index in [-0.39, 0.29) is 5.91 Å². The van der Waals surface area contributed by atoms with Crippen LogP contribution in [0.5, 0.6) is 5.75 Å². The van der Waals surface area contributed by atoms with Gasteiger partial charge in [-0.3, -0.25) is 9.69 Å². The molecule has 5 nitrogen and oxygen atoms in total. The molecule has 0 radical (unpaired) electrons. The quantitative estimate of drug-likeness (QED) is 0.910. The van der Waals surface area contributed by atoms with Gasteiger partial charge in [-0.05, 0) is 37.5 Å². The van der Waals surface area contributed by atoms with Crippen molar-refractivity contribution in [1.82, 2.24) is 9.80 Å². The molecule has 3 rings (SSSR count). The van der Waals surface area contributed by atoms with Crippen molar-refractivity contribution in [3.8, 4) is 5.75 Å². The van der Waals surface area contributed by atoms with Gasteiger partial charge >= 0.3 is 0 Å². The van der Waals surface area contributed by atoms with Crippen LogP contribution in [0.2, 0.25) is 0 Å². The zero-order valence-electron chi connectivity index (χ0n) is 15.5. The normalized spacial score (nSPS) is 21.2. The Bertz CT molecular complexity index is 603. The van der Waals surface area contributed by atoms with Gasteiger partial charge in [0.15, 0.2) is 0 Å². The second-order valence-corrected chi connectivity index (χ2v) is 7.54. The lowest BCUT2D eigenvalue weighted by atomic mass is 9.84. The third-order valence-corrected chi connectivity index (χ3v) is 5.62. The summed E-state index contributed by atoms with van der Waals surface area (Å²) in [5.74, 6) is 0.818. The molecule has 5 heteroatoms. The Balaban J connectivity index is 1.55. The highest BCUT2D eigenvalue weighted by atomic mass is 16.5. The van der Waals surface area contributed by atoms with Crippen LogP contribution < -0.4 is 4.74 Å². The number of amides is 1. The molecule has 1 saturated heterocycles. The first-order valence-corrected chi connectivity index (χ1v) is 9.39. The Morgan fingerprint density at radius 2 is 1.84 bits per heavy atom. The lowest BCUT2D eigenvalue weighted by molar-refractivity contribution is -0.0339. The van der Waals surface area contributed by atoms with Crippen LogP contribution in [0.4, 0.5) is 0 Å². The Morgan fingerprint density at radius 3 is 2.48 bits per heavy atom. The van der Waals surface area contributed by atoms with E-state index in [1.54, 1.807) is 7.11 Å². The molecule has 1 aromatic rings. The summed E-state index contributed by atoms with van der Waals surface area (Å²) < 4.78 is 5.33. The molecule has 0 unspecified atom stereocenters. The molecule has 0 atom stereocenters. The van der Waals surface area contributed by atoms with E-state index in [1.807, 2.05) is 30.0 Å². The highest BCUT2D eigenvalue weighted by molar-refractivity contribution is 5.94. The van der Waals surface area contributed by atoms with Gasteiger partial charge in [-0.2, -0.15) is 0 Å². The molecule has 2 fully saturated rings. The number of methoxy groups -OCH3 is 1. The van der Waals surface area contributed by atoms with E-state index in [0.717, 1.165) is 56.6 Å². The molecule has 1 amide bonds. The number of aliphatic hydroxyl groups is 1. The molecule has 1 aliphatic heterocycles. The predicted octanol–water partition coefficient (Wildman–Crippen LogP) is 2.46. The summed E-state index contributed by atoms with van der Waals surface area (Å²) in [6.07, 6.45) is 5.32. The third kappa shape index (κ3) is 4.33. The average molecular weight is 346 g/mol. The molecule has 138 valence electrons. The van der Waals surface area contributed by atoms with Crippen molar-refractivity contribution in [2.45, 2.75) is 44.6 Å². The highest BCUT2D eigenvalue weighted by Crippen LogP contribution is 2.29. The van der Waals surface area contributed by atoms with Crippen molar-refractivity contribution in [2.24, 2.45) is 0 Å². The summed E-state index contributed by atoms with van der Waals surface area (Å²) in [5.41, 5.74) is 1.20. The first kappa shape index (κ1) is 18.2. The molecular weight excluding hydrogens is 316 g/mol. The Labute approximate surface area is 150 Å². The van der Waals surface area contributed by atoms with E-state index < -0.39 is 5.60 Å². The Morgan fingerprint density at radius 1 is 1.16 bits per heavy atom. The number of nitrogens with zero attached hydrogens (tertiary/aromatic N) is 2. The van der Waals surface area contributed by atoms with E-state index in [1.165, 1.54) is 6.42 Å². The summed E-state index contributed by atoms with van der Waals surface area (Å²) >= 11 is 0. The number of piperazine rings is 1. The molecule has 1 N–H and O–H groups in total. The van der Waals surface area contributed by atoms with Crippen LogP contribution in [-0.2, 0) is 0 Å². The van der Waals surface area contributed by atoms with Crippen molar-refractivity contribution in [1.29, 1.82) is 0 Å². The molecule has 1 aliphatic carbocycles. The number of hydrogen-bond acceptors (Lipinski definition) is 4. The van der Waals surface area contributed by atoms with Gasteiger partial charge in [0.1, 0.15) is 5.75 Å². The van der Waals surface area contributed by atoms with Gasteiger partial charge in [0, 0.05) is 38.3 Å². The fourth-order valence-corrected chi connectivity index (χ4v) is 4.03. The maximum absolute atomic E-state index is 12.7. The van der Waals surface area contributed by atoms with Gasteiger partial charge in [0.05, 0.1) is 12.7 Å². The molecule has 0 spiro atoms. The van der Waals surface area contributed by atoms with E-state index in [4.69, 9.17) is 4.74 Å². The van der Waals surface area contributed by atoms with Crippen molar-refractivity contribution in [3.05, 3.63) is 29.3 Å². The van der Waals surface area contributed by atoms with Gasteiger partial charge in [0.2, 0.25) is 0 Å². The minimum atomic E-state index is -0.519. The monoisotopic (exact) mass is 346 g/mol. The number of carbonyl (C=O) groups excluding carboxylic acids is 1. The summed E-state index contributed by atoms with van der Waals surface area (Å²) in [6, 6.07) is 5.63. The zero-order chi connectivity index (χ0) is 17.9. The highest BCUT2D eigenvalue weighted by Gasteiger charge is 2.33. The number of carbonyl (C=O) groups is 1. The zero-order valence-corrected chi connectivity index (χ0v) is 15.5. The maximum atomic E-state index is 12.7. The fourth-order valence-electron chi connectivity index (χ4n) is 4.03. The number of aryl methyl sites for hydroxylation is 1. The summed E-state index contributed by atoms with van der Waals surface area (Å²) in [7, 11) is 1.63. The van der Waals surface area contributed by atoms with Crippen LogP contribution in [0, 0.1) is 6.92 Å². The third-order valence-electron chi connectivity index (χ3n) is 5.62. The molecule has 0 aromatic heterocycles. The summed E-state index contributed by atoms with van der Waals surface area (Å²) in [5, 5.41) is 10.7. The number of β-amino-alcohol motifs (C(OH)–C–C–N with tert-alkyl or cyclic N) is 1. The van der Waals surface area contributed by atoms with Crippen LogP contribution in [0.1, 0.15) is 48.0 Å². The van der Waals surface area contributed by atoms with Crippen molar-refractivity contribution in [2.75, 3.05) is 39.8 Å². The number of benzene rings is 1. The van der Waals surface area contributed by atoms with Gasteiger partial charge < -0.3 is 14.7 Å². The van der Waals surface area contributed by atoms with Crippen molar-refractivity contribution >= 4 is 5.91 Å². The van der Waals surface area contributed by atoms with E-state index in [0.29, 0.717) is 18.7 Å². The average Bonchev–Trinajstić information content (AvgIpc) is 2.62. The predicted molar refractivity (Wildman–Crippen MR) is 98.1 cm³/mol. The van der Waals surface area contributed by atoms with E-state index >= 15 is 0 Å². The minimum absolute atomic E-state index is 0.0642.